The van der Waals surface area contributed by atoms with Gasteiger partial charge in [0.1, 0.15) is 12.4 Å². The molecule has 1 amide bonds. The number of aromatic amines is 1. The predicted octanol–water partition coefficient (Wildman–Crippen LogP) is 3.31. The van der Waals surface area contributed by atoms with E-state index in [1.54, 1.807) is 0 Å². The molecule has 220 valence electrons. The van der Waals surface area contributed by atoms with E-state index in [4.69, 9.17) is 14.7 Å². The Morgan fingerprint density at radius 1 is 1.19 bits per heavy atom. The lowest BCUT2D eigenvalue weighted by Gasteiger charge is -2.41. The Hall–Kier alpha value is -3.66. The second kappa shape index (κ2) is 9.69. The van der Waals surface area contributed by atoms with Crippen LogP contribution in [-0.2, 0) is 17.8 Å². The van der Waals surface area contributed by atoms with E-state index in [9.17, 15) is 4.79 Å². The van der Waals surface area contributed by atoms with Crippen molar-refractivity contribution in [3.05, 3.63) is 47.8 Å². The number of hydrogen-bond donors (Lipinski definition) is 1. The standard InChI is InChI=1S/C32H40N8O2/c1-4-28(41)38-14-21-16-39(17-22(21)15-38)30-24-12-32(9-10-32)40(29-20(2)7-8-26-25(29)13-33-36-26)18-27(24)34-31(35-30)42-19-23-6-5-11-37(23)3/h4,7-8,13,21-23H,1,5-6,9-12,14-19H2,2-3H3,(H,33,36)/t21-,22+,23-/m0/s1. The molecule has 3 atom stereocenters. The lowest BCUT2D eigenvalue weighted by molar-refractivity contribution is -0.125. The largest absolute Gasteiger partial charge is 0.462 e. The predicted molar refractivity (Wildman–Crippen MR) is 162 cm³/mol. The van der Waals surface area contributed by atoms with E-state index < -0.39 is 0 Å². The Morgan fingerprint density at radius 2 is 2.00 bits per heavy atom. The normalized spacial score (nSPS) is 26.2. The summed E-state index contributed by atoms with van der Waals surface area (Å²) in [6.07, 6.45) is 9.02. The van der Waals surface area contributed by atoms with Gasteiger partial charge in [0.05, 0.1) is 29.6 Å². The van der Waals surface area contributed by atoms with Gasteiger partial charge in [0.15, 0.2) is 0 Å². The molecular formula is C32H40N8O2. The number of H-pyrrole nitrogens is 1. The van der Waals surface area contributed by atoms with Crippen LogP contribution in [0.15, 0.2) is 31.0 Å². The summed E-state index contributed by atoms with van der Waals surface area (Å²) in [6.45, 7) is 11.8. The van der Waals surface area contributed by atoms with E-state index in [-0.39, 0.29) is 11.4 Å². The first-order valence-corrected chi connectivity index (χ1v) is 15.5. The van der Waals surface area contributed by atoms with Crippen LogP contribution in [0.1, 0.15) is 42.5 Å². The van der Waals surface area contributed by atoms with Crippen molar-refractivity contribution in [3.63, 3.8) is 0 Å². The fourth-order valence-electron chi connectivity index (χ4n) is 8.09. The van der Waals surface area contributed by atoms with Crippen molar-refractivity contribution in [2.24, 2.45) is 11.8 Å². The number of nitrogens with zero attached hydrogens (tertiary/aromatic N) is 7. The molecule has 2 aromatic heterocycles. The van der Waals surface area contributed by atoms with Gasteiger partial charge in [-0.1, -0.05) is 12.6 Å². The summed E-state index contributed by atoms with van der Waals surface area (Å²) in [5.74, 6) is 2.00. The molecule has 1 N–H and O–H groups in total. The van der Waals surface area contributed by atoms with E-state index >= 15 is 0 Å². The summed E-state index contributed by atoms with van der Waals surface area (Å²) in [4.78, 5) is 32.0. The zero-order chi connectivity index (χ0) is 28.6. The second-order valence-electron chi connectivity index (χ2n) is 13.3. The number of aryl methyl sites for hydroxylation is 1. The minimum Gasteiger partial charge on any atom is -0.462 e. The number of aromatic nitrogens is 4. The highest BCUT2D eigenvalue weighted by atomic mass is 16.5. The topological polar surface area (TPSA) is 93.7 Å². The van der Waals surface area contributed by atoms with Gasteiger partial charge in [-0.3, -0.25) is 9.89 Å². The van der Waals surface area contributed by atoms with Crippen LogP contribution in [0, 0.1) is 18.8 Å². The molecule has 0 bridgehead atoms. The van der Waals surface area contributed by atoms with Crippen LogP contribution < -0.4 is 14.5 Å². The van der Waals surface area contributed by atoms with Crippen LogP contribution in [-0.4, -0.2) is 93.8 Å². The third-order valence-corrected chi connectivity index (χ3v) is 10.7. The van der Waals surface area contributed by atoms with E-state index in [0.29, 0.717) is 30.5 Å². The van der Waals surface area contributed by atoms with Crippen LogP contribution in [0.3, 0.4) is 0 Å². The van der Waals surface area contributed by atoms with Crippen molar-refractivity contribution in [1.82, 2.24) is 30.0 Å². The van der Waals surface area contributed by atoms with Crippen LogP contribution >= 0.6 is 0 Å². The molecule has 5 aliphatic rings. The Kier molecular flexibility index (Phi) is 6.00. The van der Waals surface area contributed by atoms with Gasteiger partial charge >= 0.3 is 6.01 Å². The molecule has 1 saturated carbocycles. The lowest BCUT2D eigenvalue weighted by atomic mass is 9.93. The molecule has 0 unspecified atom stereocenters. The van der Waals surface area contributed by atoms with Crippen LogP contribution in [0.2, 0.25) is 0 Å². The van der Waals surface area contributed by atoms with E-state index in [2.05, 4.69) is 57.6 Å². The number of likely N-dealkylation sites (tertiary alicyclic amines) is 2. The summed E-state index contributed by atoms with van der Waals surface area (Å²) in [5, 5.41) is 8.71. The monoisotopic (exact) mass is 568 g/mol. The summed E-state index contributed by atoms with van der Waals surface area (Å²) in [5.41, 5.74) is 6.04. The van der Waals surface area contributed by atoms with Crippen molar-refractivity contribution in [2.45, 2.75) is 57.2 Å². The zero-order valence-corrected chi connectivity index (χ0v) is 24.7. The van der Waals surface area contributed by atoms with Gasteiger partial charge in [-0.2, -0.15) is 15.1 Å². The third kappa shape index (κ3) is 4.17. The third-order valence-electron chi connectivity index (χ3n) is 10.7. The SMILES string of the molecule is C=CC(=O)N1C[C@@H]2CN(c3nc(OC[C@@H]4CCCN4C)nc4c3CC3(CC3)N(c3c(C)ccc5[nH]ncc35)C4)C[C@@H]2C1. The molecule has 42 heavy (non-hydrogen) atoms. The summed E-state index contributed by atoms with van der Waals surface area (Å²) < 4.78 is 6.39. The first kappa shape index (κ1) is 26.0. The van der Waals surface area contributed by atoms with Crippen LogP contribution in [0.5, 0.6) is 6.01 Å². The Bertz CT molecular complexity index is 1550. The molecule has 4 fully saturated rings. The average Bonchev–Trinajstić information content (AvgIpc) is 3.41. The maximum Gasteiger partial charge on any atom is 0.318 e. The van der Waals surface area contributed by atoms with Crippen LogP contribution in [0.4, 0.5) is 11.5 Å². The Morgan fingerprint density at radius 3 is 2.71 bits per heavy atom. The maximum atomic E-state index is 12.3. The number of likely N-dealkylation sites (N-methyl/N-ethyl adjacent to an activating group) is 1. The molecule has 1 spiro atoms. The van der Waals surface area contributed by atoms with Gasteiger partial charge in [0.25, 0.3) is 0 Å². The van der Waals surface area contributed by atoms with Crippen molar-refractivity contribution >= 4 is 28.3 Å². The van der Waals surface area contributed by atoms with Gasteiger partial charge < -0.3 is 24.3 Å². The van der Waals surface area contributed by atoms with Crippen molar-refractivity contribution in [2.75, 3.05) is 56.2 Å². The van der Waals surface area contributed by atoms with Crippen LogP contribution in [0.25, 0.3) is 10.9 Å². The highest BCUT2D eigenvalue weighted by molar-refractivity contribution is 5.94. The minimum atomic E-state index is 0.0432. The maximum absolute atomic E-state index is 12.3. The summed E-state index contributed by atoms with van der Waals surface area (Å²) in [6, 6.07) is 5.22. The fraction of sp³-hybridized carbons (Fsp3) is 0.562. The number of benzene rings is 1. The summed E-state index contributed by atoms with van der Waals surface area (Å²) >= 11 is 0. The number of ether oxygens (including phenoxy) is 1. The van der Waals surface area contributed by atoms with Gasteiger partial charge in [0.2, 0.25) is 5.91 Å². The molecule has 3 aromatic rings. The molecule has 1 aliphatic carbocycles. The Balaban J connectivity index is 1.15. The fourth-order valence-corrected chi connectivity index (χ4v) is 8.09. The molecule has 1 aromatic carbocycles. The van der Waals surface area contributed by atoms with Crippen molar-refractivity contribution < 1.29 is 9.53 Å². The number of hydrogen-bond acceptors (Lipinski definition) is 8. The molecule has 8 rings (SSSR count). The van der Waals surface area contributed by atoms with E-state index in [0.717, 1.165) is 82.0 Å². The van der Waals surface area contributed by atoms with Gasteiger partial charge in [-0.25, -0.2) is 0 Å². The molecule has 4 aliphatic heterocycles. The van der Waals surface area contributed by atoms with Gasteiger partial charge in [-0.05, 0) is 63.9 Å². The number of nitrogens with one attached hydrogen (secondary N) is 1. The minimum absolute atomic E-state index is 0.0432. The lowest BCUT2D eigenvalue weighted by Crippen LogP contribution is -2.44. The summed E-state index contributed by atoms with van der Waals surface area (Å²) in [7, 11) is 2.18. The van der Waals surface area contributed by atoms with E-state index in [1.165, 1.54) is 34.7 Å². The number of anilines is 2. The number of carbonyl (C=O) groups excluding carboxylic acids is 1. The molecule has 10 nitrogen and oxygen atoms in total. The molecular weight excluding hydrogens is 528 g/mol. The molecule has 6 heterocycles. The smallest absolute Gasteiger partial charge is 0.318 e. The highest BCUT2D eigenvalue weighted by Crippen LogP contribution is 2.53. The Labute approximate surface area is 246 Å². The quantitative estimate of drug-likeness (QED) is 0.453. The highest BCUT2D eigenvalue weighted by Gasteiger charge is 2.53. The first-order chi connectivity index (χ1) is 20.4. The second-order valence-corrected chi connectivity index (χ2v) is 13.3. The van der Waals surface area contributed by atoms with Crippen molar-refractivity contribution in [3.8, 4) is 6.01 Å². The molecule has 10 heteroatoms. The zero-order valence-electron chi connectivity index (χ0n) is 24.7. The van der Waals surface area contributed by atoms with Gasteiger partial charge in [-0.15, -0.1) is 0 Å². The number of carbonyl (C=O) groups is 1. The van der Waals surface area contributed by atoms with Gasteiger partial charge in [0, 0.05) is 67.0 Å². The number of amides is 1. The average molecular weight is 569 g/mol. The number of rotatable bonds is 6. The van der Waals surface area contributed by atoms with E-state index in [1.807, 2.05) is 11.1 Å². The molecule has 0 radical (unpaired) electrons. The van der Waals surface area contributed by atoms with Crippen molar-refractivity contribution in [1.29, 1.82) is 0 Å². The first-order valence-electron chi connectivity index (χ1n) is 15.5. The molecule has 3 saturated heterocycles. The number of fused-ring (bicyclic) bond motifs is 3.